The van der Waals surface area contributed by atoms with E-state index in [2.05, 4.69) is 11.9 Å². The molecule has 0 spiro atoms. The van der Waals surface area contributed by atoms with E-state index in [4.69, 9.17) is 0 Å². The zero-order valence-electron chi connectivity index (χ0n) is 9.52. The lowest BCUT2D eigenvalue weighted by Crippen LogP contribution is -2.13. The second-order valence-corrected chi connectivity index (χ2v) is 5.16. The molecule has 14 heavy (non-hydrogen) atoms. The maximum atomic E-state index is 4.67. The van der Waals surface area contributed by atoms with Crippen LogP contribution in [0.15, 0.2) is 4.99 Å². The van der Waals surface area contributed by atoms with Crippen LogP contribution in [-0.4, -0.2) is 11.3 Å². The highest BCUT2D eigenvalue weighted by Gasteiger charge is 2.40. The maximum absolute atomic E-state index is 4.67. The molecule has 0 aromatic carbocycles. The van der Waals surface area contributed by atoms with Crippen molar-refractivity contribution in [2.45, 2.75) is 76.7 Å². The molecule has 1 heteroatoms. The number of rotatable bonds is 0. The molecule has 1 aliphatic carbocycles. The standard InChI is InChI=1S/C13H23N/c1-13-11-9-7-5-3-2-4-6-8-10-12(13)14-13/h2-11H2,1H3. The smallest absolute Gasteiger partial charge is 0.0955 e. The first-order chi connectivity index (χ1) is 6.81. The number of fused-ring (bicyclic) bond motifs is 1. The summed E-state index contributed by atoms with van der Waals surface area (Å²) in [6.45, 7) is 2.33. The molecule has 80 valence electrons. The second-order valence-electron chi connectivity index (χ2n) is 5.16. The van der Waals surface area contributed by atoms with Gasteiger partial charge in [-0.25, -0.2) is 0 Å². The van der Waals surface area contributed by atoms with Crippen molar-refractivity contribution in [3.05, 3.63) is 0 Å². The van der Waals surface area contributed by atoms with Gasteiger partial charge in [0.15, 0.2) is 0 Å². The van der Waals surface area contributed by atoms with Crippen molar-refractivity contribution < 1.29 is 0 Å². The lowest BCUT2D eigenvalue weighted by atomic mass is 9.93. The molecule has 1 aliphatic heterocycles. The lowest BCUT2D eigenvalue weighted by Gasteiger charge is -2.10. The summed E-state index contributed by atoms with van der Waals surface area (Å²) >= 11 is 0. The van der Waals surface area contributed by atoms with E-state index in [1.807, 2.05) is 0 Å². The lowest BCUT2D eigenvalue weighted by molar-refractivity contribution is 0.525. The molecule has 0 aromatic rings. The molecule has 0 N–H and O–H groups in total. The Balaban J connectivity index is 1.76. The zero-order valence-corrected chi connectivity index (χ0v) is 9.52. The van der Waals surface area contributed by atoms with Crippen LogP contribution in [-0.2, 0) is 0 Å². The Hall–Kier alpha value is -0.330. The Morgan fingerprint density at radius 2 is 1.43 bits per heavy atom. The fourth-order valence-corrected chi connectivity index (χ4v) is 2.62. The molecule has 0 bridgehead atoms. The van der Waals surface area contributed by atoms with Gasteiger partial charge in [-0.2, -0.15) is 0 Å². The van der Waals surface area contributed by atoms with Gasteiger partial charge in [-0.1, -0.05) is 44.9 Å². The van der Waals surface area contributed by atoms with Crippen molar-refractivity contribution in [3.8, 4) is 0 Å². The van der Waals surface area contributed by atoms with Gasteiger partial charge in [0, 0.05) is 5.71 Å². The summed E-state index contributed by atoms with van der Waals surface area (Å²) in [6, 6.07) is 0. The van der Waals surface area contributed by atoms with Crippen molar-refractivity contribution >= 4 is 5.71 Å². The molecule has 1 saturated carbocycles. The van der Waals surface area contributed by atoms with Gasteiger partial charge in [-0.05, 0) is 26.2 Å². The first kappa shape index (κ1) is 10.2. The van der Waals surface area contributed by atoms with Crippen LogP contribution in [0.2, 0.25) is 0 Å². The van der Waals surface area contributed by atoms with E-state index >= 15 is 0 Å². The fourth-order valence-electron chi connectivity index (χ4n) is 2.62. The van der Waals surface area contributed by atoms with E-state index in [0.29, 0.717) is 5.54 Å². The quantitative estimate of drug-likeness (QED) is 0.549. The van der Waals surface area contributed by atoms with E-state index in [0.717, 1.165) is 0 Å². The largest absolute Gasteiger partial charge is 0.279 e. The van der Waals surface area contributed by atoms with Crippen LogP contribution in [0, 0.1) is 0 Å². The normalized spacial score (nSPS) is 34.8. The molecular formula is C13H23N. The Kier molecular flexibility index (Phi) is 3.25. The van der Waals surface area contributed by atoms with Crippen molar-refractivity contribution in [3.63, 3.8) is 0 Å². The van der Waals surface area contributed by atoms with E-state index in [1.165, 1.54) is 69.9 Å². The molecule has 0 saturated heterocycles. The molecule has 1 fully saturated rings. The summed E-state index contributed by atoms with van der Waals surface area (Å²) in [7, 11) is 0. The van der Waals surface area contributed by atoms with Crippen LogP contribution in [0.1, 0.15) is 71.1 Å². The van der Waals surface area contributed by atoms with Gasteiger partial charge in [0.2, 0.25) is 0 Å². The highest BCUT2D eigenvalue weighted by atomic mass is 15.0. The van der Waals surface area contributed by atoms with Crippen LogP contribution in [0.25, 0.3) is 0 Å². The topological polar surface area (TPSA) is 12.4 Å². The average molecular weight is 193 g/mol. The highest BCUT2D eigenvalue weighted by molar-refractivity contribution is 6.04. The summed E-state index contributed by atoms with van der Waals surface area (Å²) in [5.41, 5.74) is 1.86. The van der Waals surface area contributed by atoms with E-state index in [1.54, 1.807) is 0 Å². The van der Waals surface area contributed by atoms with Crippen LogP contribution in [0.4, 0.5) is 0 Å². The summed E-state index contributed by atoms with van der Waals surface area (Å²) in [5, 5.41) is 0. The van der Waals surface area contributed by atoms with Crippen LogP contribution in [0.3, 0.4) is 0 Å². The Bertz CT molecular complexity index is 219. The number of hydrogen-bond donors (Lipinski definition) is 0. The monoisotopic (exact) mass is 193 g/mol. The summed E-state index contributed by atoms with van der Waals surface area (Å²) in [4.78, 5) is 4.67. The van der Waals surface area contributed by atoms with E-state index < -0.39 is 0 Å². The number of aliphatic imine (C=N–C) groups is 1. The Morgan fingerprint density at radius 3 is 2.14 bits per heavy atom. The van der Waals surface area contributed by atoms with Gasteiger partial charge in [0.25, 0.3) is 0 Å². The molecule has 2 rings (SSSR count). The van der Waals surface area contributed by atoms with Gasteiger partial charge in [0.1, 0.15) is 0 Å². The molecule has 0 amide bonds. The Morgan fingerprint density at radius 1 is 0.857 bits per heavy atom. The van der Waals surface area contributed by atoms with Gasteiger partial charge in [0.05, 0.1) is 5.54 Å². The maximum Gasteiger partial charge on any atom is 0.0955 e. The fraction of sp³-hybridized carbons (Fsp3) is 0.923. The molecule has 1 nitrogen and oxygen atoms in total. The van der Waals surface area contributed by atoms with Crippen LogP contribution < -0.4 is 0 Å². The van der Waals surface area contributed by atoms with Crippen molar-refractivity contribution in [2.24, 2.45) is 4.99 Å². The number of nitrogens with zero attached hydrogens (tertiary/aromatic N) is 1. The SMILES string of the molecule is CC12CCCCCCCCCCC1=N2. The molecule has 1 atom stereocenters. The summed E-state index contributed by atoms with van der Waals surface area (Å²) in [5.74, 6) is 0. The van der Waals surface area contributed by atoms with Crippen molar-refractivity contribution in [1.82, 2.24) is 0 Å². The molecule has 0 radical (unpaired) electrons. The molecular weight excluding hydrogens is 170 g/mol. The first-order valence-electron chi connectivity index (χ1n) is 6.40. The van der Waals surface area contributed by atoms with Crippen LogP contribution >= 0.6 is 0 Å². The van der Waals surface area contributed by atoms with Gasteiger partial charge < -0.3 is 0 Å². The third-order valence-electron chi connectivity index (χ3n) is 3.78. The minimum absolute atomic E-state index is 0.333. The zero-order chi connectivity index (χ0) is 9.86. The molecule has 1 unspecified atom stereocenters. The number of hydrogen-bond acceptors (Lipinski definition) is 1. The van der Waals surface area contributed by atoms with Gasteiger partial charge >= 0.3 is 0 Å². The second kappa shape index (κ2) is 4.46. The molecule has 0 aromatic heterocycles. The Labute approximate surface area is 88.0 Å². The first-order valence-corrected chi connectivity index (χ1v) is 6.40. The van der Waals surface area contributed by atoms with E-state index in [-0.39, 0.29) is 0 Å². The summed E-state index contributed by atoms with van der Waals surface area (Å²) in [6.07, 6.45) is 14.1. The van der Waals surface area contributed by atoms with E-state index in [9.17, 15) is 0 Å². The third kappa shape index (κ3) is 2.59. The predicted molar refractivity (Wildman–Crippen MR) is 62.0 cm³/mol. The minimum Gasteiger partial charge on any atom is -0.279 e. The highest BCUT2D eigenvalue weighted by Crippen LogP contribution is 2.36. The predicted octanol–water partition coefficient (Wildman–Crippen LogP) is 4.11. The third-order valence-corrected chi connectivity index (χ3v) is 3.78. The van der Waals surface area contributed by atoms with Crippen LogP contribution in [0.5, 0.6) is 0 Å². The van der Waals surface area contributed by atoms with Crippen molar-refractivity contribution in [2.75, 3.05) is 0 Å². The van der Waals surface area contributed by atoms with Gasteiger partial charge in [-0.15, -0.1) is 0 Å². The minimum atomic E-state index is 0.333. The molecule has 1 heterocycles. The van der Waals surface area contributed by atoms with Crippen molar-refractivity contribution in [1.29, 1.82) is 0 Å². The molecule has 2 aliphatic rings. The average Bonchev–Trinajstić information content (AvgIpc) is 2.78. The van der Waals surface area contributed by atoms with Gasteiger partial charge in [-0.3, -0.25) is 4.99 Å². The summed E-state index contributed by atoms with van der Waals surface area (Å²) < 4.78 is 0.